The highest BCUT2D eigenvalue weighted by Gasteiger charge is 2.40. The van der Waals surface area contributed by atoms with E-state index in [-0.39, 0.29) is 5.91 Å². The monoisotopic (exact) mass is 414 g/mol. The van der Waals surface area contributed by atoms with Crippen LogP contribution in [0, 0.1) is 26.2 Å². The van der Waals surface area contributed by atoms with Crippen molar-refractivity contribution in [2.75, 3.05) is 13.1 Å². The molecule has 0 atom stereocenters. The van der Waals surface area contributed by atoms with Crippen molar-refractivity contribution >= 4 is 15.9 Å². The molecule has 0 radical (unpaired) electrons. The van der Waals surface area contributed by atoms with Gasteiger partial charge in [0.05, 0.1) is 4.90 Å². The second-order valence-corrected chi connectivity index (χ2v) is 10.3. The molecule has 0 bridgehead atoms. The molecule has 1 N–H and O–H groups in total. The van der Waals surface area contributed by atoms with Gasteiger partial charge in [0.15, 0.2) is 0 Å². The second kappa shape index (κ2) is 8.28. The van der Waals surface area contributed by atoms with E-state index in [1.165, 1.54) is 4.31 Å². The first-order valence-electron chi connectivity index (χ1n) is 10.0. The lowest BCUT2D eigenvalue weighted by Crippen LogP contribution is -2.48. The van der Waals surface area contributed by atoms with Crippen LogP contribution >= 0.6 is 0 Å². The minimum atomic E-state index is -3.54. The van der Waals surface area contributed by atoms with Crippen LogP contribution in [0.1, 0.15) is 42.0 Å². The molecule has 29 heavy (non-hydrogen) atoms. The molecule has 0 saturated carbocycles. The van der Waals surface area contributed by atoms with Crippen LogP contribution in [0.15, 0.2) is 47.4 Å². The lowest BCUT2D eigenvalue weighted by molar-refractivity contribution is -0.132. The zero-order valence-electron chi connectivity index (χ0n) is 17.7. The van der Waals surface area contributed by atoms with Crippen molar-refractivity contribution in [3.8, 4) is 0 Å². The third-order valence-corrected chi connectivity index (χ3v) is 8.09. The van der Waals surface area contributed by atoms with Crippen LogP contribution in [-0.2, 0) is 21.4 Å². The summed E-state index contributed by atoms with van der Waals surface area (Å²) < 4.78 is 27.5. The summed E-state index contributed by atoms with van der Waals surface area (Å²) in [6.45, 7) is 9.03. The first-order chi connectivity index (χ1) is 13.6. The van der Waals surface area contributed by atoms with Gasteiger partial charge in [-0.25, -0.2) is 8.42 Å². The van der Waals surface area contributed by atoms with Crippen molar-refractivity contribution in [3.63, 3.8) is 0 Å². The Morgan fingerprint density at radius 1 is 1.00 bits per heavy atom. The fourth-order valence-electron chi connectivity index (χ4n) is 3.67. The molecule has 0 aliphatic carbocycles. The highest BCUT2D eigenvalue weighted by molar-refractivity contribution is 7.89. The summed E-state index contributed by atoms with van der Waals surface area (Å²) in [5, 5.41) is 3.04. The van der Waals surface area contributed by atoms with E-state index in [9.17, 15) is 13.2 Å². The highest BCUT2D eigenvalue weighted by Crippen LogP contribution is 2.34. The average Bonchev–Trinajstić information content (AvgIpc) is 2.69. The van der Waals surface area contributed by atoms with Gasteiger partial charge in [-0.15, -0.1) is 0 Å². The predicted molar refractivity (Wildman–Crippen MR) is 115 cm³/mol. The topological polar surface area (TPSA) is 66.5 Å². The number of rotatable bonds is 5. The zero-order chi connectivity index (χ0) is 21.2. The Morgan fingerprint density at radius 3 is 2.28 bits per heavy atom. The number of piperidine rings is 1. The van der Waals surface area contributed by atoms with E-state index >= 15 is 0 Å². The summed E-state index contributed by atoms with van der Waals surface area (Å²) >= 11 is 0. The molecule has 1 amide bonds. The van der Waals surface area contributed by atoms with Crippen LogP contribution in [0.2, 0.25) is 0 Å². The van der Waals surface area contributed by atoms with Crippen LogP contribution in [-0.4, -0.2) is 31.7 Å². The van der Waals surface area contributed by atoms with Crippen LogP contribution in [0.3, 0.4) is 0 Å². The Morgan fingerprint density at radius 2 is 1.66 bits per heavy atom. The van der Waals surface area contributed by atoms with Gasteiger partial charge >= 0.3 is 0 Å². The average molecular weight is 415 g/mol. The summed E-state index contributed by atoms with van der Waals surface area (Å²) in [5.74, 6) is -0.0102. The number of carbonyl (C=O) groups excluding carboxylic acids is 1. The maximum Gasteiger partial charge on any atom is 0.243 e. The van der Waals surface area contributed by atoms with Gasteiger partial charge in [0.2, 0.25) is 15.9 Å². The van der Waals surface area contributed by atoms with E-state index in [1.54, 1.807) is 12.1 Å². The van der Waals surface area contributed by atoms with Gasteiger partial charge in [-0.1, -0.05) is 37.3 Å². The number of carbonyl (C=O) groups is 1. The summed E-state index contributed by atoms with van der Waals surface area (Å²) in [6, 6.07) is 13.2. The van der Waals surface area contributed by atoms with E-state index in [0.717, 1.165) is 22.3 Å². The van der Waals surface area contributed by atoms with Crippen molar-refractivity contribution in [3.05, 3.63) is 64.7 Å². The van der Waals surface area contributed by atoms with E-state index < -0.39 is 15.4 Å². The molecule has 6 heteroatoms. The molecule has 1 aliphatic rings. The van der Waals surface area contributed by atoms with Crippen LogP contribution in [0.4, 0.5) is 0 Å². The molecule has 0 aromatic heterocycles. The molecule has 1 aliphatic heterocycles. The molecule has 1 heterocycles. The van der Waals surface area contributed by atoms with E-state index in [1.807, 2.05) is 58.0 Å². The molecule has 0 unspecified atom stereocenters. The number of hydrogen-bond donors (Lipinski definition) is 1. The SMILES string of the molecule is Cc1ccc(S(=O)(=O)N2CCC(C)(C(=O)NCc3ccccc3C)CC2)cc1C. The number of nitrogens with zero attached hydrogens (tertiary/aromatic N) is 1. The summed E-state index contributed by atoms with van der Waals surface area (Å²) in [7, 11) is -3.54. The number of nitrogens with one attached hydrogen (secondary N) is 1. The molecule has 0 spiro atoms. The number of sulfonamides is 1. The fourth-order valence-corrected chi connectivity index (χ4v) is 5.20. The van der Waals surface area contributed by atoms with Crippen LogP contribution < -0.4 is 5.32 Å². The summed E-state index contributed by atoms with van der Waals surface area (Å²) in [5.41, 5.74) is 3.72. The normalized spacial score (nSPS) is 17.1. The number of aryl methyl sites for hydroxylation is 3. The molecular weight excluding hydrogens is 384 g/mol. The molecule has 2 aromatic rings. The minimum Gasteiger partial charge on any atom is -0.352 e. The van der Waals surface area contributed by atoms with Gasteiger partial charge in [0.1, 0.15) is 0 Å². The zero-order valence-corrected chi connectivity index (χ0v) is 18.5. The number of amides is 1. The van der Waals surface area contributed by atoms with Gasteiger partial charge in [-0.05, 0) is 68.0 Å². The Hall–Kier alpha value is -2.18. The second-order valence-electron chi connectivity index (χ2n) is 8.32. The Bertz CT molecular complexity index is 1010. The third-order valence-electron chi connectivity index (χ3n) is 6.19. The Labute approximate surface area is 174 Å². The summed E-state index contributed by atoms with van der Waals surface area (Å²) in [6.07, 6.45) is 1.02. The van der Waals surface area contributed by atoms with Gasteiger partial charge in [0, 0.05) is 25.0 Å². The first kappa shape index (κ1) is 21.5. The molecule has 5 nitrogen and oxygen atoms in total. The van der Waals surface area contributed by atoms with Crippen molar-refractivity contribution in [2.45, 2.75) is 52.0 Å². The Balaban J connectivity index is 1.64. The standard InChI is InChI=1S/C23H30N2O3S/c1-17-9-10-21(15-19(17)3)29(27,28)25-13-11-23(4,12-14-25)22(26)24-16-20-8-6-5-7-18(20)2/h5-10,15H,11-14,16H2,1-4H3,(H,24,26). The van der Waals surface area contributed by atoms with Gasteiger partial charge < -0.3 is 5.32 Å². The van der Waals surface area contributed by atoms with Gasteiger partial charge in [-0.3, -0.25) is 4.79 Å². The van der Waals surface area contributed by atoms with Crippen molar-refractivity contribution < 1.29 is 13.2 Å². The van der Waals surface area contributed by atoms with E-state index in [0.29, 0.717) is 37.4 Å². The lowest BCUT2D eigenvalue weighted by Gasteiger charge is -2.37. The fraction of sp³-hybridized carbons (Fsp3) is 0.435. The smallest absolute Gasteiger partial charge is 0.243 e. The first-order valence-corrected chi connectivity index (χ1v) is 11.5. The molecule has 156 valence electrons. The number of benzene rings is 2. The van der Waals surface area contributed by atoms with E-state index in [2.05, 4.69) is 5.32 Å². The molecular formula is C23H30N2O3S. The van der Waals surface area contributed by atoms with Crippen LogP contribution in [0.25, 0.3) is 0 Å². The predicted octanol–water partition coefficient (Wildman–Crippen LogP) is 3.72. The Kier molecular flexibility index (Phi) is 6.15. The van der Waals surface area contributed by atoms with Crippen molar-refractivity contribution in [1.82, 2.24) is 9.62 Å². The molecule has 3 rings (SSSR count). The molecule has 2 aromatic carbocycles. The number of hydrogen-bond acceptors (Lipinski definition) is 3. The lowest BCUT2D eigenvalue weighted by atomic mass is 9.80. The van der Waals surface area contributed by atoms with Crippen molar-refractivity contribution in [1.29, 1.82) is 0 Å². The maximum atomic E-state index is 13.0. The van der Waals surface area contributed by atoms with Gasteiger partial charge in [-0.2, -0.15) is 4.31 Å². The minimum absolute atomic E-state index is 0.0102. The molecule has 1 saturated heterocycles. The van der Waals surface area contributed by atoms with E-state index in [4.69, 9.17) is 0 Å². The highest BCUT2D eigenvalue weighted by atomic mass is 32.2. The quantitative estimate of drug-likeness (QED) is 0.811. The third kappa shape index (κ3) is 4.54. The largest absolute Gasteiger partial charge is 0.352 e. The maximum absolute atomic E-state index is 13.0. The van der Waals surface area contributed by atoms with Crippen LogP contribution in [0.5, 0.6) is 0 Å². The molecule has 1 fully saturated rings. The summed E-state index contributed by atoms with van der Waals surface area (Å²) in [4.78, 5) is 13.2. The van der Waals surface area contributed by atoms with Crippen molar-refractivity contribution in [2.24, 2.45) is 5.41 Å². The van der Waals surface area contributed by atoms with Gasteiger partial charge in [0.25, 0.3) is 0 Å².